The minimum Gasteiger partial charge on any atom is -0.388 e. The van der Waals surface area contributed by atoms with Crippen molar-refractivity contribution in [2.75, 3.05) is 11.4 Å². The zero-order valence-corrected chi connectivity index (χ0v) is 10.9. The average Bonchev–Trinajstić information content (AvgIpc) is 3.19. The van der Waals surface area contributed by atoms with Gasteiger partial charge in [0.1, 0.15) is 0 Å². The summed E-state index contributed by atoms with van der Waals surface area (Å²) in [5, 5.41) is 10.1. The maximum Gasteiger partial charge on any atom is 0.0807 e. The maximum atomic E-state index is 10.1. The number of hydrogen-bond donors (Lipinski definition) is 1. The first-order valence-corrected chi connectivity index (χ1v) is 6.81. The predicted molar refractivity (Wildman–Crippen MR) is 72.4 cm³/mol. The Morgan fingerprint density at radius 3 is 2.59 bits per heavy atom. The first-order chi connectivity index (χ1) is 8.27. The van der Waals surface area contributed by atoms with Crippen molar-refractivity contribution in [3.8, 4) is 0 Å². The molecule has 0 spiro atoms. The second-order valence-electron chi connectivity index (χ2n) is 4.91. The van der Waals surface area contributed by atoms with E-state index in [1.807, 2.05) is 13.0 Å². The lowest BCUT2D eigenvalue weighted by Gasteiger charge is -2.28. The van der Waals surface area contributed by atoms with E-state index in [-0.39, 0.29) is 6.10 Å². The van der Waals surface area contributed by atoms with Gasteiger partial charge < -0.3 is 10.0 Å². The van der Waals surface area contributed by atoms with Crippen LogP contribution in [0.5, 0.6) is 0 Å². The van der Waals surface area contributed by atoms with Crippen molar-refractivity contribution in [1.29, 1.82) is 0 Å². The fourth-order valence-electron chi connectivity index (χ4n) is 2.38. The van der Waals surface area contributed by atoms with Gasteiger partial charge in [-0.1, -0.05) is 32.0 Å². The molecular weight excluding hydrogens is 210 g/mol. The Morgan fingerprint density at radius 2 is 2.00 bits per heavy atom. The Morgan fingerprint density at radius 1 is 1.29 bits per heavy atom. The Balaban J connectivity index is 2.28. The first-order valence-electron chi connectivity index (χ1n) is 6.81. The molecule has 0 aliphatic heterocycles. The lowest BCUT2D eigenvalue weighted by Crippen LogP contribution is -2.27. The number of anilines is 1. The van der Waals surface area contributed by atoms with Gasteiger partial charge in [0.25, 0.3) is 0 Å². The molecular formula is C15H23NO. The van der Waals surface area contributed by atoms with Gasteiger partial charge >= 0.3 is 0 Å². The molecule has 1 atom stereocenters. The number of para-hydroxylation sites is 1. The van der Waals surface area contributed by atoms with Gasteiger partial charge in [0.05, 0.1) is 6.10 Å². The van der Waals surface area contributed by atoms with Gasteiger partial charge in [-0.15, -0.1) is 0 Å². The van der Waals surface area contributed by atoms with E-state index in [0.717, 1.165) is 24.9 Å². The summed E-state index contributed by atoms with van der Waals surface area (Å²) in [7, 11) is 0. The molecule has 94 valence electrons. The van der Waals surface area contributed by atoms with E-state index in [2.05, 4.69) is 30.0 Å². The molecule has 1 aliphatic carbocycles. The summed E-state index contributed by atoms with van der Waals surface area (Å²) >= 11 is 0. The second kappa shape index (κ2) is 5.54. The smallest absolute Gasteiger partial charge is 0.0807 e. The fraction of sp³-hybridized carbons (Fsp3) is 0.600. The van der Waals surface area contributed by atoms with E-state index in [9.17, 15) is 5.11 Å². The molecule has 0 heterocycles. The molecule has 2 heteroatoms. The molecule has 2 rings (SSSR count). The maximum absolute atomic E-state index is 10.1. The van der Waals surface area contributed by atoms with E-state index >= 15 is 0 Å². The van der Waals surface area contributed by atoms with Crippen molar-refractivity contribution >= 4 is 5.69 Å². The van der Waals surface area contributed by atoms with Crippen LogP contribution in [0.15, 0.2) is 24.3 Å². The molecule has 0 radical (unpaired) electrons. The summed E-state index contributed by atoms with van der Waals surface area (Å²) in [6.45, 7) is 5.34. The highest BCUT2D eigenvalue weighted by atomic mass is 16.3. The average molecular weight is 233 g/mol. The van der Waals surface area contributed by atoms with Gasteiger partial charge in [0.15, 0.2) is 0 Å². The third kappa shape index (κ3) is 2.81. The van der Waals surface area contributed by atoms with Crippen LogP contribution in [-0.4, -0.2) is 17.7 Å². The SMILES string of the molecule is CCCN(c1ccccc1C(O)CC)C1CC1. The molecule has 0 amide bonds. The minimum absolute atomic E-state index is 0.329. The molecule has 1 fully saturated rings. The van der Waals surface area contributed by atoms with Crippen molar-refractivity contribution in [3.63, 3.8) is 0 Å². The molecule has 0 aromatic heterocycles. The first kappa shape index (κ1) is 12.4. The van der Waals surface area contributed by atoms with Crippen LogP contribution in [0.1, 0.15) is 51.2 Å². The van der Waals surface area contributed by atoms with Crippen LogP contribution in [0.25, 0.3) is 0 Å². The van der Waals surface area contributed by atoms with Crippen LogP contribution in [0, 0.1) is 0 Å². The van der Waals surface area contributed by atoms with Crippen molar-refractivity contribution in [3.05, 3.63) is 29.8 Å². The highest BCUT2D eigenvalue weighted by Crippen LogP contribution is 2.36. The fourth-order valence-corrected chi connectivity index (χ4v) is 2.38. The molecule has 1 saturated carbocycles. The summed E-state index contributed by atoms with van der Waals surface area (Å²) in [6, 6.07) is 9.03. The highest BCUT2D eigenvalue weighted by Gasteiger charge is 2.30. The monoisotopic (exact) mass is 233 g/mol. The topological polar surface area (TPSA) is 23.5 Å². The number of hydrogen-bond acceptors (Lipinski definition) is 2. The quantitative estimate of drug-likeness (QED) is 0.812. The number of aliphatic hydroxyl groups is 1. The van der Waals surface area contributed by atoms with E-state index in [0.29, 0.717) is 6.04 Å². The molecule has 1 N–H and O–H groups in total. The van der Waals surface area contributed by atoms with Gasteiger partial charge in [0.2, 0.25) is 0 Å². The van der Waals surface area contributed by atoms with E-state index in [4.69, 9.17) is 0 Å². The number of benzene rings is 1. The summed E-state index contributed by atoms with van der Waals surface area (Å²) in [4.78, 5) is 2.48. The van der Waals surface area contributed by atoms with E-state index < -0.39 is 0 Å². The molecule has 0 bridgehead atoms. The Labute approximate surface area is 104 Å². The Bertz CT molecular complexity index is 360. The minimum atomic E-state index is -0.329. The number of aliphatic hydroxyl groups excluding tert-OH is 1. The number of nitrogens with zero attached hydrogens (tertiary/aromatic N) is 1. The van der Waals surface area contributed by atoms with Crippen LogP contribution in [0.2, 0.25) is 0 Å². The summed E-state index contributed by atoms with van der Waals surface area (Å²) < 4.78 is 0. The Kier molecular flexibility index (Phi) is 4.06. The molecule has 1 aromatic carbocycles. The zero-order valence-electron chi connectivity index (χ0n) is 10.9. The summed E-state index contributed by atoms with van der Waals surface area (Å²) in [6.07, 6.45) is 4.21. The Hall–Kier alpha value is -1.02. The normalized spacial score (nSPS) is 16.9. The zero-order chi connectivity index (χ0) is 12.3. The van der Waals surface area contributed by atoms with Crippen LogP contribution < -0.4 is 4.90 Å². The predicted octanol–water partition coefficient (Wildman–Crippen LogP) is 3.51. The van der Waals surface area contributed by atoms with Gasteiger partial charge in [-0.3, -0.25) is 0 Å². The third-order valence-electron chi connectivity index (χ3n) is 3.44. The van der Waals surface area contributed by atoms with E-state index in [1.54, 1.807) is 0 Å². The molecule has 1 unspecified atom stereocenters. The second-order valence-corrected chi connectivity index (χ2v) is 4.91. The van der Waals surface area contributed by atoms with Gasteiger partial charge in [-0.25, -0.2) is 0 Å². The highest BCUT2D eigenvalue weighted by molar-refractivity contribution is 5.56. The number of rotatable bonds is 6. The largest absolute Gasteiger partial charge is 0.388 e. The van der Waals surface area contributed by atoms with Gasteiger partial charge in [0, 0.05) is 23.8 Å². The van der Waals surface area contributed by atoms with Gasteiger partial charge in [-0.2, -0.15) is 0 Å². The molecule has 17 heavy (non-hydrogen) atoms. The third-order valence-corrected chi connectivity index (χ3v) is 3.44. The summed E-state index contributed by atoms with van der Waals surface area (Å²) in [5.74, 6) is 0. The van der Waals surface area contributed by atoms with Crippen LogP contribution in [0.3, 0.4) is 0 Å². The van der Waals surface area contributed by atoms with Crippen molar-refractivity contribution in [1.82, 2.24) is 0 Å². The van der Waals surface area contributed by atoms with Crippen LogP contribution in [-0.2, 0) is 0 Å². The summed E-state index contributed by atoms with van der Waals surface area (Å²) in [5.41, 5.74) is 2.33. The molecule has 0 saturated heterocycles. The van der Waals surface area contributed by atoms with E-state index in [1.165, 1.54) is 18.5 Å². The standard InChI is InChI=1S/C15H23NO/c1-3-11-16(12-9-10-12)14-8-6-5-7-13(14)15(17)4-2/h5-8,12,15,17H,3-4,9-11H2,1-2H3. The van der Waals surface area contributed by atoms with Crippen molar-refractivity contribution in [2.45, 2.75) is 51.7 Å². The van der Waals surface area contributed by atoms with Crippen molar-refractivity contribution in [2.24, 2.45) is 0 Å². The van der Waals surface area contributed by atoms with Gasteiger partial charge in [-0.05, 0) is 31.7 Å². The lowest BCUT2D eigenvalue weighted by molar-refractivity contribution is 0.174. The van der Waals surface area contributed by atoms with Crippen LogP contribution in [0.4, 0.5) is 5.69 Å². The molecule has 2 nitrogen and oxygen atoms in total. The van der Waals surface area contributed by atoms with Crippen molar-refractivity contribution < 1.29 is 5.11 Å². The molecule has 1 aromatic rings. The molecule has 1 aliphatic rings. The van der Waals surface area contributed by atoms with Crippen LogP contribution >= 0.6 is 0 Å². The lowest BCUT2D eigenvalue weighted by atomic mass is 10.0.